The first-order valence-electron chi connectivity index (χ1n) is 10.2. The van der Waals surface area contributed by atoms with Crippen molar-refractivity contribution < 1.29 is 0 Å². The standard InChI is InChI=1S/C26H24N6/c1-5-7-21(20-8-6-11-27-15-20)22-14-24(30-19(22)4)26-18(3)23(31-32-26)10-9-17(2)25-16-28-12-13-29-25/h5-16,30-31H,1,3H2,2,4H3/b17-9+,21-7-,23-10+. The van der Waals surface area contributed by atoms with E-state index in [1.54, 1.807) is 30.9 Å². The minimum absolute atomic E-state index is 0.778. The number of hydrogen-bond donors (Lipinski definition) is 2. The molecule has 0 aliphatic heterocycles. The van der Waals surface area contributed by atoms with Gasteiger partial charge in [-0.2, -0.15) is 5.10 Å². The summed E-state index contributed by atoms with van der Waals surface area (Å²) in [7, 11) is 0. The third-order valence-corrected chi connectivity index (χ3v) is 5.18. The van der Waals surface area contributed by atoms with E-state index in [0.717, 1.165) is 55.6 Å². The maximum absolute atomic E-state index is 4.51. The van der Waals surface area contributed by atoms with Crippen molar-refractivity contribution in [2.45, 2.75) is 13.8 Å². The van der Waals surface area contributed by atoms with Crippen molar-refractivity contribution in [3.05, 3.63) is 107 Å². The Labute approximate surface area is 186 Å². The van der Waals surface area contributed by atoms with Crippen LogP contribution in [0.5, 0.6) is 0 Å². The molecule has 0 saturated carbocycles. The minimum Gasteiger partial charge on any atom is -0.357 e. The third-order valence-electron chi connectivity index (χ3n) is 5.18. The van der Waals surface area contributed by atoms with Crippen molar-refractivity contribution in [3.8, 4) is 11.4 Å². The van der Waals surface area contributed by atoms with Gasteiger partial charge in [0.05, 0.1) is 22.9 Å². The molecule has 0 atom stereocenters. The molecule has 0 spiro atoms. The van der Waals surface area contributed by atoms with Gasteiger partial charge < -0.3 is 4.98 Å². The van der Waals surface area contributed by atoms with E-state index in [2.05, 4.69) is 49.4 Å². The second-order valence-electron chi connectivity index (χ2n) is 7.35. The van der Waals surface area contributed by atoms with Gasteiger partial charge in [-0.05, 0) is 43.2 Å². The first-order valence-corrected chi connectivity index (χ1v) is 10.2. The second-order valence-corrected chi connectivity index (χ2v) is 7.35. The highest BCUT2D eigenvalue weighted by Crippen LogP contribution is 2.28. The summed E-state index contributed by atoms with van der Waals surface area (Å²) in [5.74, 6) is 0. The van der Waals surface area contributed by atoms with Crippen molar-refractivity contribution in [3.63, 3.8) is 0 Å². The monoisotopic (exact) mass is 420 g/mol. The summed E-state index contributed by atoms with van der Waals surface area (Å²) in [5.41, 5.74) is 7.67. The van der Waals surface area contributed by atoms with Crippen molar-refractivity contribution in [1.29, 1.82) is 0 Å². The molecule has 32 heavy (non-hydrogen) atoms. The molecule has 0 saturated heterocycles. The predicted octanol–water partition coefficient (Wildman–Crippen LogP) is 3.81. The molecule has 0 radical (unpaired) electrons. The molecule has 4 aromatic heterocycles. The maximum atomic E-state index is 4.51. The number of rotatable bonds is 6. The molecular weight excluding hydrogens is 396 g/mol. The van der Waals surface area contributed by atoms with Crippen LogP contribution in [0.25, 0.3) is 35.2 Å². The summed E-state index contributed by atoms with van der Waals surface area (Å²) in [6.07, 6.45) is 16.4. The lowest BCUT2D eigenvalue weighted by atomic mass is 9.99. The third kappa shape index (κ3) is 4.25. The van der Waals surface area contributed by atoms with Gasteiger partial charge in [0, 0.05) is 46.8 Å². The lowest BCUT2D eigenvalue weighted by Crippen LogP contribution is -2.21. The average molecular weight is 421 g/mol. The van der Waals surface area contributed by atoms with Crippen molar-refractivity contribution >= 4 is 23.8 Å². The first-order chi connectivity index (χ1) is 15.6. The Kier molecular flexibility index (Phi) is 6.03. The number of nitrogens with zero attached hydrogens (tertiary/aromatic N) is 4. The van der Waals surface area contributed by atoms with E-state index in [-0.39, 0.29) is 0 Å². The van der Waals surface area contributed by atoms with E-state index in [4.69, 9.17) is 0 Å². The molecule has 0 amide bonds. The lowest BCUT2D eigenvalue weighted by Gasteiger charge is -2.06. The summed E-state index contributed by atoms with van der Waals surface area (Å²) in [6.45, 7) is 12.1. The number of allylic oxidation sites excluding steroid dienone is 4. The topological polar surface area (TPSA) is 83.1 Å². The molecule has 0 unspecified atom stereocenters. The molecule has 2 N–H and O–H groups in total. The molecule has 158 valence electrons. The van der Waals surface area contributed by atoms with Gasteiger partial charge in [-0.3, -0.25) is 20.1 Å². The van der Waals surface area contributed by atoms with Crippen LogP contribution in [0.3, 0.4) is 0 Å². The fourth-order valence-electron chi connectivity index (χ4n) is 3.48. The van der Waals surface area contributed by atoms with Crippen molar-refractivity contribution in [2.24, 2.45) is 0 Å². The van der Waals surface area contributed by atoms with Crippen LogP contribution in [0, 0.1) is 6.92 Å². The van der Waals surface area contributed by atoms with Crippen molar-refractivity contribution in [2.75, 3.05) is 0 Å². The summed E-state index contributed by atoms with van der Waals surface area (Å²) >= 11 is 0. The molecular formula is C26H24N6. The van der Waals surface area contributed by atoms with Gasteiger partial charge in [-0.25, -0.2) is 0 Å². The Morgan fingerprint density at radius 3 is 2.66 bits per heavy atom. The molecule has 0 bridgehead atoms. The minimum atomic E-state index is 0.778. The zero-order valence-corrected chi connectivity index (χ0v) is 18.1. The quantitative estimate of drug-likeness (QED) is 0.465. The molecule has 0 aliphatic carbocycles. The van der Waals surface area contributed by atoms with Gasteiger partial charge in [-0.15, -0.1) is 0 Å². The molecule has 4 heterocycles. The second kappa shape index (κ2) is 9.22. The normalized spacial score (nSPS) is 12.9. The summed E-state index contributed by atoms with van der Waals surface area (Å²) in [6, 6.07) is 6.05. The van der Waals surface area contributed by atoms with Crippen LogP contribution in [-0.2, 0) is 0 Å². The fraction of sp³-hybridized carbons (Fsp3) is 0.0769. The number of hydrogen-bond acceptors (Lipinski definition) is 4. The van der Waals surface area contributed by atoms with Crippen molar-refractivity contribution in [1.82, 2.24) is 30.1 Å². The number of pyridine rings is 1. The summed E-state index contributed by atoms with van der Waals surface area (Å²) < 4.78 is 0. The van der Waals surface area contributed by atoms with Crippen LogP contribution in [0.15, 0.2) is 74.0 Å². The van der Waals surface area contributed by atoms with E-state index in [0.29, 0.717) is 0 Å². The fourth-order valence-corrected chi connectivity index (χ4v) is 3.48. The average Bonchev–Trinajstić information content (AvgIpc) is 3.39. The zero-order chi connectivity index (χ0) is 22.5. The summed E-state index contributed by atoms with van der Waals surface area (Å²) in [5, 5.41) is 9.25. The SMILES string of the molecule is C=C/C=C(/c1cccnc1)c1cc(-c2n[nH]/c(=C/C=C(\C)c3cnccn3)c2=C)[nH]c1C. The van der Waals surface area contributed by atoms with E-state index in [1.165, 1.54) is 0 Å². The van der Waals surface area contributed by atoms with E-state index in [1.807, 2.05) is 50.4 Å². The lowest BCUT2D eigenvalue weighted by molar-refractivity contribution is 1.06. The van der Waals surface area contributed by atoms with Gasteiger partial charge in [0.15, 0.2) is 0 Å². The molecule has 6 nitrogen and oxygen atoms in total. The van der Waals surface area contributed by atoms with Crippen LogP contribution < -0.4 is 10.6 Å². The van der Waals surface area contributed by atoms with Gasteiger partial charge in [0.1, 0.15) is 5.69 Å². The van der Waals surface area contributed by atoms with Gasteiger partial charge in [-0.1, -0.05) is 37.5 Å². The number of aryl methyl sites for hydroxylation is 1. The molecule has 0 aliphatic rings. The van der Waals surface area contributed by atoms with Crippen LogP contribution in [0.4, 0.5) is 0 Å². The van der Waals surface area contributed by atoms with Crippen LogP contribution >= 0.6 is 0 Å². The Hall–Kier alpha value is -4.32. The number of H-pyrrole nitrogens is 2. The first kappa shape index (κ1) is 20.9. The predicted molar refractivity (Wildman–Crippen MR) is 130 cm³/mol. The smallest absolute Gasteiger partial charge is 0.116 e. The van der Waals surface area contributed by atoms with Gasteiger partial charge in [0.2, 0.25) is 0 Å². The molecule has 4 rings (SSSR count). The number of aromatic amines is 2. The highest BCUT2D eigenvalue weighted by Gasteiger charge is 2.14. The Morgan fingerprint density at radius 1 is 1.09 bits per heavy atom. The number of aromatic nitrogens is 6. The molecule has 6 heteroatoms. The highest BCUT2D eigenvalue weighted by atomic mass is 15.1. The Bertz CT molecular complexity index is 1410. The largest absolute Gasteiger partial charge is 0.357 e. The van der Waals surface area contributed by atoms with E-state index in [9.17, 15) is 0 Å². The van der Waals surface area contributed by atoms with Crippen LogP contribution in [0.1, 0.15) is 29.4 Å². The van der Waals surface area contributed by atoms with E-state index >= 15 is 0 Å². The van der Waals surface area contributed by atoms with Crippen LogP contribution in [-0.4, -0.2) is 30.1 Å². The highest BCUT2D eigenvalue weighted by molar-refractivity contribution is 5.83. The van der Waals surface area contributed by atoms with Crippen LogP contribution in [0.2, 0.25) is 0 Å². The molecule has 4 aromatic rings. The Balaban J connectivity index is 1.71. The molecule has 0 fully saturated rings. The maximum Gasteiger partial charge on any atom is 0.116 e. The van der Waals surface area contributed by atoms with E-state index < -0.39 is 0 Å². The summed E-state index contributed by atoms with van der Waals surface area (Å²) in [4.78, 5) is 16.1. The zero-order valence-electron chi connectivity index (χ0n) is 18.1. The molecule has 0 aromatic carbocycles. The van der Waals surface area contributed by atoms with Gasteiger partial charge in [0.25, 0.3) is 0 Å². The van der Waals surface area contributed by atoms with Gasteiger partial charge >= 0.3 is 0 Å². The number of nitrogens with one attached hydrogen (secondary N) is 2. The Morgan fingerprint density at radius 2 is 1.94 bits per heavy atom.